The van der Waals surface area contributed by atoms with Crippen molar-refractivity contribution in [3.63, 3.8) is 0 Å². The topological polar surface area (TPSA) is 46.0 Å². The third-order valence-corrected chi connectivity index (χ3v) is 3.02. The van der Waals surface area contributed by atoms with E-state index < -0.39 is 0 Å². The van der Waals surface area contributed by atoms with Crippen molar-refractivity contribution in [2.24, 2.45) is 7.05 Å². The largest absolute Gasteiger partial charge is 0.348 e. The third-order valence-electron chi connectivity index (χ3n) is 3.02. The van der Waals surface area contributed by atoms with Crippen molar-refractivity contribution in [1.29, 1.82) is 0 Å². The Hall–Kier alpha value is -1.88. The molecular formula is C14H21N5. The Bertz CT molecular complexity index is 545. The molecule has 0 radical (unpaired) electrons. The van der Waals surface area contributed by atoms with Crippen LogP contribution in [0.4, 0.5) is 5.95 Å². The highest BCUT2D eigenvalue weighted by molar-refractivity contribution is 5.30. The van der Waals surface area contributed by atoms with Gasteiger partial charge in [0.25, 0.3) is 0 Å². The summed E-state index contributed by atoms with van der Waals surface area (Å²) in [5, 5.41) is 3.40. The first-order chi connectivity index (χ1) is 9.08. The molecule has 0 amide bonds. The molecule has 0 aromatic carbocycles. The molecule has 0 atom stereocenters. The van der Waals surface area contributed by atoms with E-state index in [0.717, 1.165) is 36.1 Å². The average molecular weight is 259 g/mol. The van der Waals surface area contributed by atoms with Crippen LogP contribution in [0, 0.1) is 6.92 Å². The van der Waals surface area contributed by atoms with E-state index in [2.05, 4.69) is 19.9 Å². The van der Waals surface area contributed by atoms with Gasteiger partial charge in [-0.05, 0) is 19.1 Å². The van der Waals surface area contributed by atoms with Crippen molar-refractivity contribution in [2.45, 2.75) is 20.0 Å². The lowest BCUT2D eigenvalue weighted by atomic mass is 10.3. The van der Waals surface area contributed by atoms with Gasteiger partial charge in [0.05, 0.1) is 17.6 Å². The fraction of sp³-hybridized carbons (Fsp3) is 0.429. The van der Waals surface area contributed by atoms with E-state index >= 15 is 0 Å². The van der Waals surface area contributed by atoms with Gasteiger partial charge in [0, 0.05) is 39.9 Å². The summed E-state index contributed by atoms with van der Waals surface area (Å²) in [6.07, 6.45) is 1.91. The molecule has 0 saturated carbocycles. The number of hydrogen-bond donors (Lipinski definition) is 1. The Kier molecular flexibility index (Phi) is 4.16. The third kappa shape index (κ3) is 3.32. The molecule has 0 aliphatic rings. The number of pyridine rings is 1. The Morgan fingerprint density at radius 2 is 2.05 bits per heavy atom. The van der Waals surface area contributed by atoms with Crippen molar-refractivity contribution in [2.75, 3.05) is 19.0 Å². The van der Waals surface area contributed by atoms with Crippen LogP contribution >= 0.6 is 0 Å². The zero-order valence-electron chi connectivity index (χ0n) is 12.0. The Morgan fingerprint density at radius 3 is 2.68 bits per heavy atom. The molecule has 0 aliphatic heterocycles. The molecule has 19 heavy (non-hydrogen) atoms. The van der Waals surface area contributed by atoms with Crippen LogP contribution in [0.5, 0.6) is 0 Å². The van der Waals surface area contributed by atoms with Gasteiger partial charge in [0.1, 0.15) is 0 Å². The van der Waals surface area contributed by atoms with Gasteiger partial charge in [-0.3, -0.25) is 4.98 Å². The lowest BCUT2D eigenvalue weighted by Crippen LogP contribution is -2.18. The predicted octanol–water partition coefficient (Wildman–Crippen LogP) is 1.48. The van der Waals surface area contributed by atoms with E-state index in [-0.39, 0.29) is 0 Å². The fourth-order valence-corrected chi connectivity index (χ4v) is 2.03. The minimum Gasteiger partial charge on any atom is -0.348 e. The van der Waals surface area contributed by atoms with Gasteiger partial charge < -0.3 is 14.8 Å². The molecule has 2 aromatic rings. The summed E-state index contributed by atoms with van der Waals surface area (Å²) in [6.45, 7) is 3.56. The SMILES string of the molecule is Cc1cccc(CNCc2cnc(N(C)C)n2C)n1. The van der Waals surface area contributed by atoms with Crippen LogP contribution < -0.4 is 10.2 Å². The highest BCUT2D eigenvalue weighted by Gasteiger charge is 2.07. The van der Waals surface area contributed by atoms with Gasteiger partial charge in [-0.15, -0.1) is 0 Å². The van der Waals surface area contributed by atoms with E-state index in [1.54, 1.807) is 0 Å². The lowest BCUT2D eigenvalue weighted by Gasteiger charge is -2.12. The maximum Gasteiger partial charge on any atom is 0.204 e. The second-order valence-electron chi connectivity index (χ2n) is 4.88. The zero-order valence-corrected chi connectivity index (χ0v) is 12.0. The fourth-order valence-electron chi connectivity index (χ4n) is 2.03. The summed E-state index contributed by atoms with van der Waals surface area (Å²) in [6, 6.07) is 6.08. The van der Waals surface area contributed by atoms with E-state index in [1.807, 2.05) is 57.4 Å². The number of nitrogens with zero attached hydrogens (tertiary/aromatic N) is 4. The molecule has 0 aliphatic carbocycles. The lowest BCUT2D eigenvalue weighted by molar-refractivity contribution is 0.644. The number of nitrogens with one attached hydrogen (secondary N) is 1. The van der Waals surface area contributed by atoms with Gasteiger partial charge >= 0.3 is 0 Å². The standard InChI is InChI=1S/C14H21N5/c1-11-6-5-7-12(17-11)8-15-9-13-10-16-14(18(2)3)19(13)4/h5-7,10,15H,8-9H2,1-4H3. The molecule has 0 spiro atoms. The molecule has 2 aromatic heterocycles. The van der Waals surface area contributed by atoms with Crippen LogP contribution in [0.25, 0.3) is 0 Å². The highest BCUT2D eigenvalue weighted by atomic mass is 15.3. The molecule has 102 valence electrons. The van der Waals surface area contributed by atoms with Gasteiger partial charge in [0.2, 0.25) is 5.95 Å². The van der Waals surface area contributed by atoms with Crippen molar-refractivity contribution >= 4 is 5.95 Å². The average Bonchev–Trinajstić information content (AvgIpc) is 2.71. The first kappa shape index (κ1) is 13.5. The molecule has 0 saturated heterocycles. The number of aryl methyl sites for hydroxylation is 1. The quantitative estimate of drug-likeness (QED) is 0.883. The van der Waals surface area contributed by atoms with Gasteiger partial charge in [-0.1, -0.05) is 6.07 Å². The smallest absolute Gasteiger partial charge is 0.204 e. The summed E-state index contributed by atoms with van der Waals surface area (Å²) < 4.78 is 2.09. The molecule has 0 bridgehead atoms. The van der Waals surface area contributed by atoms with E-state index in [9.17, 15) is 0 Å². The van der Waals surface area contributed by atoms with Crippen LogP contribution in [0.3, 0.4) is 0 Å². The summed E-state index contributed by atoms with van der Waals surface area (Å²) in [5.74, 6) is 0.963. The number of rotatable bonds is 5. The molecule has 2 heterocycles. The Morgan fingerprint density at radius 1 is 1.26 bits per heavy atom. The van der Waals surface area contributed by atoms with Crippen molar-refractivity contribution in [1.82, 2.24) is 19.9 Å². The summed E-state index contributed by atoms with van der Waals surface area (Å²) >= 11 is 0. The minimum atomic E-state index is 0.768. The van der Waals surface area contributed by atoms with Gasteiger partial charge in [-0.25, -0.2) is 4.98 Å². The number of anilines is 1. The summed E-state index contributed by atoms with van der Waals surface area (Å²) in [4.78, 5) is 10.9. The molecular weight excluding hydrogens is 238 g/mol. The Labute approximate surface area is 114 Å². The highest BCUT2D eigenvalue weighted by Crippen LogP contribution is 2.10. The maximum atomic E-state index is 4.47. The second kappa shape index (κ2) is 5.84. The minimum absolute atomic E-state index is 0.768. The second-order valence-corrected chi connectivity index (χ2v) is 4.88. The number of hydrogen-bond acceptors (Lipinski definition) is 4. The summed E-state index contributed by atoms with van der Waals surface area (Å²) in [7, 11) is 6.02. The normalized spacial score (nSPS) is 10.7. The summed E-state index contributed by atoms with van der Waals surface area (Å²) in [5.41, 5.74) is 3.28. The van der Waals surface area contributed by atoms with Crippen LogP contribution in [-0.4, -0.2) is 28.6 Å². The first-order valence-electron chi connectivity index (χ1n) is 6.39. The maximum absolute atomic E-state index is 4.47. The van der Waals surface area contributed by atoms with Gasteiger partial charge in [-0.2, -0.15) is 0 Å². The van der Waals surface area contributed by atoms with Crippen LogP contribution in [-0.2, 0) is 20.1 Å². The van der Waals surface area contributed by atoms with Crippen LogP contribution in [0.15, 0.2) is 24.4 Å². The zero-order chi connectivity index (χ0) is 13.8. The van der Waals surface area contributed by atoms with Crippen LogP contribution in [0.1, 0.15) is 17.1 Å². The molecule has 2 rings (SSSR count). The van der Waals surface area contributed by atoms with E-state index in [4.69, 9.17) is 0 Å². The van der Waals surface area contributed by atoms with Crippen molar-refractivity contribution < 1.29 is 0 Å². The molecule has 0 unspecified atom stereocenters. The van der Waals surface area contributed by atoms with Gasteiger partial charge in [0.15, 0.2) is 0 Å². The predicted molar refractivity (Wildman–Crippen MR) is 77.1 cm³/mol. The van der Waals surface area contributed by atoms with E-state index in [0.29, 0.717) is 0 Å². The van der Waals surface area contributed by atoms with Crippen molar-refractivity contribution in [3.05, 3.63) is 41.5 Å². The molecule has 1 N–H and O–H groups in total. The Balaban J connectivity index is 1.93. The number of aromatic nitrogens is 3. The molecule has 0 fully saturated rings. The first-order valence-corrected chi connectivity index (χ1v) is 6.39. The molecule has 5 nitrogen and oxygen atoms in total. The van der Waals surface area contributed by atoms with Crippen molar-refractivity contribution in [3.8, 4) is 0 Å². The van der Waals surface area contributed by atoms with E-state index in [1.165, 1.54) is 0 Å². The number of imidazole rings is 1. The monoisotopic (exact) mass is 259 g/mol. The van der Waals surface area contributed by atoms with Crippen LogP contribution in [0.2, 0.25) is 0 Å². The molecule has 5 heteroatoms.